The van der Waals surface area contributed by atoms with Gasteiger partial charge in [0.15, 0.2) is 0 Å². The van der Waals surface area contributed by atoms with E-state index in [0.29, 0.717) is 6.54 Å². The van der Waals surface area contributed by atoms with Crippen LogP contribution in [-0.4, -0.2) is 46.3 Å². The molecule has 19 heavy (non-hydrogen) atoms. The molecule has 0 radical (unpaired) electrons. The Balaban J connectivity index is 2.06. The first kappa shape index (κ1) is 14.7. The summed E-state index contributed by atoms with van der Waals surface area (Å²) in [6.07, 6.45) is 3.25. The van der Waals surface area contributed by atoms with Crippen molar-refractivity contribution in [2.24, 2.45) is 5.92 Å². The second kappa shape index (κ2) is 5.73. The molecule has 0 aliphatic carbocycles. The summed E-state index contributed by atoms with van der Waals surface area (Å²) in [5, 5.41) is 2.85. The van der Waals surface area contributed by atoms with E-state index in [1.54, 1.807) is 4.90 Å². The molecule has 0 saturated carbocycles. The maximum atomic E-state index is 12.5. The molecule has 3 unspecified atom stereocenters. The minimum Gasteiger partial charge on any atom is -0.342 e. The van der Waals surface area contributed by atoms with Gasteiger partial charge in [0.25, 0.3) is 0 Å². The Labute approximate surface area is 119 Å². The van der Waals surface area contributed by atoms with Crippen LogP contribution in [0.4, 0.5) is 0 Å². The maximum absolute atomic E-state index is 12.5. The zero-order valence-corrected chi connectivity index (χ0v) is 12.9. The van der Waals surface area contributed by atoms with Gasteiger partial charge in [0.2, 0.25) is 11.8 Å². The lowest BCUT2D eigenvalue weighted by Crippen LogP contribution is -2.61. The predicted octanol–water partition coefficient (Wildman–Crippen LogP) is 1.65. The van der Waals surface area contributed by atoms with Gasteiger partial charge in [0.05, 0.1) is 6.54 Å². The first-order valence-corrected chi connectivity index (χ1v) is 8.16. The molecular weight excluding hydrogens is 260 g/mol. The number of hydrogen-bond acceptors (Lipinski definition) is 3. The minimum absolute atomic E-state index is 0.0171. The highest BCUT2D eigenvalue weighted by Crippen LogP contribution is 2.38. The van der Waals surface area contributed by atoms with E-state index in [2.05, 4.69) is 19.2 Å². The molecule has 2 aliphatic rings. The minimum atomic E-state index is -0.332. The van der Waals surface area contributed by atoms with Gasteiger partial charge in [-0.3, -0.25) is 9.59 Å². The molecule has 0 aromatic rings. The summed E-state index contributed by atoms with van der Waals surface area (Å²) in [6, 6.07) is -0.332. The number of piperazine rings is 1. The van der Waals surface area contributed by atoms with E-state index in [4.69, 9.17) is 0 Å². The van der Waals surface area contributed by atoms with Crippen molar-refractivity contribution in [1.29, 1.82) is 0 Å². The Morgan fingerprint density at radius 2 is 2.26 bits per heavy atom. The van der Waals surface area contributed by atoms with Crippen molar-refractivity contribution in [1.82, 2.24) is 10.2 Å². The summed E-state index contributed by atoms with van der Waals surface area (Å²) >= 11 is 1.93. The summed E-state index contributed by atoms with van der Waals surface area (Å²) in [5.41, 5.74) is 0. The first-order chi connectivity index (χ1) is 8.95. The third kappa shape index (κ3) is 3.25. The Hall–Kier alpha value is -0.710. The number of nitrogens with one attached hydrogen (secondary N) is 1. The molecule has 2 fully saturated rings. The standard InChI is InChI=1S/C14H24N2O2S/c1-4-10(2)12-13(18)16(8-11(17)15-12)9-14(3)6-5-7-19-14/h10,12H,4-9H2,1-3H3,(H,15,17). The first-order valence-electron chi connectivity index (χ1n) is 7.17. The molecule has 2 heterocycles. The normalized spacial score (nSPS) is 33.4. The van der Waals surface area contributed by atoms with Crippen molar-refractivity contribution < 1.29 is 9.59 Å². The molecule has 3 atom stereocenters. The van der Waals surface area contributed by atoms with Crippen molar-refractivity contribution in [3.05, 3.63) is 0 Å². The lowest BCUT2D eigenvalue weighted by Gasteiger charge is -2.38. The smallest absolute Gasteiger partial charge is 0.245 e. The second-order valence-electron chi connectivity index (χ2n) is 6.03. The Morgan fingerprint density at radius 1 is 1.53 bits per heavy atom. The fraction of sp³-hybridized carbons (Fsp3) is 0.857. The van der Waals surface area contributed by atoms with E-state index in [1.807, 2.05) is 18.7 Å². The number of amides is 2. The van der Waals surface area contributed by atoms with Crippen molar-refractivity contribution in [3.8, 4) is 0 Å². The van der Waals surface area contributed by atoms with Gasteiger partial charge in [-0.1, -0.05) is 20.3 Å². The van der Waals surface area contributed by atoms with Crippen LogP contribution >= 0.6 is 11.8 Å². The SMILES string of the molecule is CCC(C)C1NC(=O)CN(CC2(C)CCCS2)C1=O. The van der Waals surface area contributed by atoms with Crippen LogP contribution in [0, 0.1) is 5.92 Å². The Kier molecular flexibility index (Phi) is 4.43. The van der Waals surface area contributed by atoms with Crippen LogP contribution in [0.5, 0.6) is 0 Å². The number of rotatable bonds is 4. The number of thioether (sulfide) groups is 1. The molecule has 108 valence electrons. The highest BCUT2D eigenvalue weighted by Gasteiger charge is 2.40. The van der Waals surface area contributed by atoms with Crippen LogP contribution in [0.1, 0.15) is 40.0 Å². The molecule has 1 N–H and O–H groups in total. The highest BCUT2D eigenvalue weighted by atomic mass is 32.2. The van der Waals surface area contributed by atoms with Gasteiger partial charge in [-0.25, -0.2) is 0 Å². The molecule has 5 heteroatoms. The average molecular weight is 284 g/mol. The van der Waals surface area contributed by atoms with Crippen LogP contribution < -0.4 is 5.32 Å². The molecule has 0 aromatic heterocycles. The largest absolute Gasteiger partial charge is 0.342 e. The maximum Gasteiger partial charge on any atom is 0.245 e. The second-order valence-corrected chi connectivity index (χ2v) is 7.71. The zero-order chi connectivity index (χ0) is 14.0. The average Bonchev–Trinajstić information content (AvgIpc) is 2.79. The van der Waals surface area contributed by atoms with E-state index < -0.39 is 0 Å². The van der Waals surface area contributed by atoms with Gasteiger partial charge < -0.3 is 10.2 Å². The molecule has 0 aromatic carbocycles. The van der Waals surface area contributed by atoms with E-state index in [0.717, 1.165) is 12.8 Å². The van der Waals surface area contributed by atoms with Gasteiger partial charge >= 0.3 is 0 Å². The van der Waals surface area contributed by atoms with Crippen LogP contribution in [0.15, 0.2) is 0 Å². The van der Waals surface area contributed by atoms with E-state index in [9.17, 15) is 9.59 Å². The molecule has 2 amide bonds. The van der Waals surface area contributed by atoms with Crippen molar-refractivity contribution >= 4 is 23.6 Å². The Bertz CT molecular complexity index is 366. The van der Waals surface area contributed by atoms with Crippen LogP contribution in [0.3, 0.4) is 0 Å². The molecule has 0 bridgehead atoms. The van der Waals surface area contributed by atoms with Gasteiger partial charge in [0, 0.05) is 11.3 Å². The number of nitrogens with zero attached hydrogens (tertiary/aromatic N) is 1. The lowest BCUT2D eigenvalue weighted by molar-refractivity contribution is -0.146. The van der Waals surface area contributed by atoms with E-state index >= 15 is 0 Å². The van der Waals surface area contributed by atoms with E-state index in [-0.39, 0.29) is 35.1 Å². The van der Waals surface area contributed by atoms with Crippen molar-refractivity contribution in [2.45, 2.75) is 50.8 Å². The van der Waals surface area contributed by atoms with Crippen LogP contribution in [0.2, 0.25) is 0 Å². The highest BCUT2D eigenvalue weighted by molar-refractivity contribution is 8.00. The number of carbonyl (C=O) groups excluding carboxylic acids is 2. The molecule has 2 aliphatic heterocycles. The molecular formula is C14H24N2O2S. The van der Waals surface area contributed by atoms with Gasteiger partial charge in [-0.05, 0) is 31.4 Å². The Morgan fingerprint density at radius 3 is 2.84 bits per heavy atom. The van der Waals surface area contributed by atoms with Crippen LogP contribution in [0.25, 0.3) is 0 Å². The summed E-state index contributed by atoms with van der Waals surface area (Å²) < 4.78 is 0.132. The third-order valence-electron chi connectivity index (χ3n) is 4.27. The summed E-state index contributed by atoms with van der Waals surface area (Å²) in [6.45, 7) is 7.22. The lowest BCUT2D eigenvalue weighted by atomic mass is 9.95. The summed E-state index contributed by atoms with van der Waals surface area (Å²) in [4.78, 5) is 26.1. The molecule has 0 spiro atoms. The molecule has 2 saturated heterocycles. The fourth-order valence-corrected chi connectivity index (χ4v) is 4.17. The topological polar surface area (TPSA) is 49.4 Å². The quantitative estimate of drug-likeness (QED) is 0.854. The van der Waals surface area contributed by atoms with Gasteiger partial charge in [-0.2, -0.15) is 11.8 Å². The summed E-state index contributed by atoms with van der Waals surface area (Å²) in [7, 11) is 0. The fourth-order valence-electron chi connectivity index (χ4n) is 2.85. The molecule has 4 nitrogen and oxygen atoms in total. The number of carbonyl (C=O) groups is 2. The van der Waals surface area contributed by atoms with Gasteiger partial charge in [-0.15, -0.1) is 0 Å². The van der Waals surface area contributed by atoms with E-state index in [1.165, 1.54) is 12.2 Å². The summed E-state index contributed by atoms with van der Waals surface area (Å²) in [5.74, 6) is 1.45. The third-order valence-corrected chi connectivity index (χ3v) is 5.79. The number of hydrogen-bond donors (Lipinski definition) is 1. The molecule has 2 rings (SSSR count). The van der Waals surface area contributed by atoms with Gasteiger partial charge in [0.1, 0.15) is 6.04 Å². The monoisotopic (exact) mass is 284 g/mol. The van der Waals surface area contributed by atoms with Crippen molar-refractivity contribution in [3.63, 3.8) is 0 Å². The predicted molar refractivity (Wildman–Crippen MR) is 78.1 cm³/mol. The van der Waals surface area contributed by atoms with Crippen LogP contribution in [-0.2, 0) is 9.59 Å². The zero-order valence-electron chi connectivity index (χ0n) is 12.1. The van der Waals surface area contributed by atoms with Crippen molar-refractivity contribution in [2.75, 3.05) is 18.8 Å².